The molecule has 1 unspecified atom stereocenters. The lowest BCUT2D eigenvalue weighted by Crippen LogP contribution is -2.18. The number of benzene rings is 1. The van der Waals surface area contributed by atoms with Gasteiger partial charge in [-0.2, -0.15) is 13.9 Å². The van der Waals surface area contributed by atoms with Crippen LogP contribution in [0.3, 0.4) is 0 Å². The molecule has 1 aromatic carbocycles. The van der Waals surface area contributed by atoms with E-state index in [0.29, 0.717) is 23.5 Å². The first-order valence-corrected chi connectivity index (χ1v) is 10.3. The number of nitrogens with zero attached hydrogens (tertiary/aromatic N) is 2. The van der Waals surface area contributed by atoms with Crippen LogP contribution in [-0.2, 0) is 14.6 Å². The normalized spacial score (nSPS) is 18.6. The van der Waals surface area contributed by atoms with E-state index in [1.807, 2.05) is 0 Å². The van der Waals surface area contributed by atoms with E-state index in [1.54, 1.807) is 31.2 Å². The number of sulfone groups is 1. The monoisotopic (exact) mass is 411 g/mol. The van der Waals surface area contributed by atoms with Crippen LogP contribution in [0.25, 0.3) is 6.08 Å². The lowest BCUT2D eigenvalue weighted by Gasteiger charge is -2.13. The van der Waals surface area contributed by atoms with Crippen molar-refractivity contribution in [2.45, 2.75) is 26.0 Å². The number of ether oxygens (including phenoxy) is 1. The van der Waals surface area contributed by atoms with Gasteiger partial charge < -0.3 is 10.1 Å². The summed E-state index contributed by atoms with van der Waals surface area (Å²) in [4.78, 5) is 12.3. The van der Waals surface area contributed by atoms with Crippen LogP contribution in [0.4, 0.5) is 14.6 Å². The lowest BCUT2D eigenvalue weighted by atomic mass is 10.2. The van der Waals surface area contributed by atoms with Crippen molar-refractivity contribution in [3.8, 4) is 5.75 Å². The molecule has 2 aromatic rings. The van der Waals surface area contributed by atoms with E-state index < -0.39 is 22.4 Å². The number of alkyl halides is 2. The van der Waals surface area contributed by atoms with Gasteiger partial charge in [0.15, 0.2) is 9.84 Å². The lowest BCUT2D eigenvalue weighted by molar-refractivity contribution is -0.111. The van der Waals surface area contributed by atoms with Crippen molar-refractivity contribution in [3.63, 3.8) is 0 Å². The first-order valence-electron chi connectivity index (χ1n) is 8.53. The molecule has 1 N–H and O–H groups in total. The summed E-state index contributed by atoms with van der Waals surface area (Å²) in [5.41, 5.74) is 0.962. The molecule has 1 aliphatic rings. The Kier molecular flexibility index (Phi) is 5.78. The number of hydrogen-bond acceptors (Lipinski definition) is 5. The number of nitrogens with one attached hydrogen (secondary N) is 1. The molecule has 0 spiro atoms. The quantitative estimate of drug-likeness (QED) is 0.739. The number of aromatic nitrogens is 2. The summed E-state index contributed by atoms with van der Waals surface area (Å²) >= 11 is 0. The smallest absolute Gasteiger partial charge is 0.387 e. The Morgan fingerprint density at radius 2 is 2.14 bits per heavy atom. The van der Waals surface area contributed by atoms with Crippen LogP contribution in [-0.4, -0.2) is 42.2 Å². The van der Waals surface area contributed by atoms with Crippen molar-refractivity contribution < 1.29 is 26.7 Å². The molecule has 150 valence electrons. The van der Waals surface area contributed by atoms with Crippen LogP contribution < -0.4 is 10.1 Å². The number of hydrogen-bond donors (Lipinski definition) is 1. The van der Waals surface area contributed by atoms with E-state index in [2.05, 4.69) is 15.2 Å². The SMILES string of the molecule is Cc1cc(NC(=O)/C=C/c2ccccc2OC(F)F)n(C2CCS(=O)(=O)C2)n1. The van der Waals surface area contributed by atoms with E-state index in [9.17, 15) is 22.0 Å². The minimum Gasteiger partial charge on any atom is -0.434 e. The van der Waals surface area contributed by atoms with E-state index >= 15 is 0 Å². The molecule has 0 aliphatic carbocycles. The van der Waals surface area contributed by atoms with E-state index in [4.69, 9.17) is 0 Å². The van der Waals surface area contributed by atoms with Crippen molar-refractivity contribution in [2.24, 2.45) is 0 Å². The molecule has 0 radical (unpaired) electrons. The Morgan fingerprint density at radius 3 is 2.82 bits per heavy atom. The molecule has 1 amide bonds. The van der Waals surface area contributed by atoms with E-state index in [0.717, 1.165) is 0 Å². The van der Waals surface area contributed by atoms with Gasteiger partial charge >= 0.3 is 6.61 Å². The second-order valence-corrected chi connectivity index (χ2v) is 8.64. The van der Waals surface area contributed by atoms with Crippen LogP contribution in [0.2, 0.25) is 0 Å². The summed E-state index contributed by atoms with van der Waals surface area (Å²) < 4.78 is 54.3. The van der Waals surface area contributed by atoms with Crippen molar-refractivity contribution >= 4 is 27.6 Å². The Labute approximate surface area is 160 Å². The number of para-hydroxylation sites is 1. The second kappa shape index (κ2) is 8.09. The molecule has 7 nitrogen and oxygen atoms in total. The molecule has 1 saturated heterocycles. The van der Waals surface area contributed by atoms with Gasteiger partial charge in [0.2, 0.25) is 5.91 Å². The van der Waals surface area contributed by atoms with Crippen molar-refractivity contribution in [2.75, 3.05) is 16.8 Å². The molecule has 10 heteroatoms. The number of amides is 1. The molecule has 1 atom stereocenters. The van der Waals surface area contributed by atoms with Gasteiger partial charge in [-0.25, -0.2) is 13.1 Å². The highest BCUT2D eigenvalue weighted by molar-refractivity contribution is 7.91. The maximum atomic E-state index is 12.5. The summed E-state index contributed by atoms with van der Waals surface area (Å²) in [6.45, 7) is -1.23. The summed E-state index contributed by atoms with van der Waals surface area (Å²) in [5.74, 6) is -0.102. The standard InChI is InChI=1S/C18H19F2N3O4S/c1-12-10-16(23(22-12)14-8-9-28(25,26)11-14)21-17(24)7-6-13-4-2-3-5-15(13)27-18(19)20/h2-7,10,14,18H,8-9,11H2,1H3,(H,21,24)/b7-6+. The van der Waals surface area contributed by atoms with Gasteiger partial charge in [-0.15, -0.1) is 0 Å². The average Bonchev–Trinajstić information content (AvgIpc) is 3.15. The highest BCUT2D eigenvalue weighted by Crippen LogP contribution is 2.27. The topological polar surface area (TPSA) is 90.3 Å². The van der Waals surface area contributed by atoms with Crippen LogP contribution in [0, 0.1) is 6.92 Å². The van der Waals surface area contributed by atoms with Crippen LogP contribution in [0.1, 0.15) is 23.7 Å². The van der Waals surface area contributed by atoms with Gasteiger partial charge in [0.1, 0.15) is 11.6 Å². The van der Waals surface area contributed by atoms with Gasteiger partial charge in [0, 0.05) is 17.7 Å². The molecular weight excluding hydrogens is 392 g/mol. The summed E-state index contributed by atoms with van der Waals surface area (Å²) in [7, 11) is -3.10. The maximum absolute atomic E-state index is 12.5. The zero-order chi connectivity index (χ0) is 20.3. The fourth-order valence-electron chi connectivity index (χ4n) is 3.01. The molecule has 1 fully saturated rings. The zero-order valence-corrected chi connectivity index (χ0v) is 15.8. The highest BCUT2D eigenvalue weighted by atomic mass is 32.2. The van der Waals surface area contributed by atoms with Crippen molar-refractivity contribution in [3.05, 3.63) is 47.7 Å². The van der Waals surface area contributed by atoms with Gasteiger partial charge in [-0.05, 0) is 25.5 Å². The van der Waals surface area contributed by atoms with Gasteiger partial charge in [0.25, 0.3) is 0 Å². The Balaban J connectivity index is 1.74. The Hall–Kier alpha value is -2.75. The molecule has 0 saturated carbocycles. The van der Waals surface area contributed by atoms with Gasteiger partial charge in [0.05, 0.1) is 23.2 Å². The summed E-state index contributed by atoms with van der Waals surface area (Å²) in [6, 6.07) is 7.41. The third-order valence-corrected chi connectivity index (χ3v) is 5.96. The number of rotatable bonds is 6. The first-order chi connectivity index (χ1) is 13.2. The number of aryl methyl sites for hydroxylation is 1. The van der Waals surface area contributed by atoms with Gasteiger partial charge in [-0.3, -0.25) is 4.79 Å². The van der Waals surface area contributed by atoms with Crippen LogP contribution >= 0.6 is 0 Å². The predicted octanol–water partition coefficient (Wildman–Crippen LogP) is 2.80. The fourth-order valence-corrected chi connectivity index (χ4v) is 4.70. The second-order valence-electron chi connectivity index (χ2n) is 6.41. The Morgan fingerprint density at radius 1 is 1.39 bits per heavy atom. The minimum absolute atomic E-state index is 0.0226. The largest absolute Gasteiger partial charge is 0.434 e. The molecular formula is C18H19F2N3O4S. The van der Waals surface area contributed by atoms with E-state index in [-0.39, 0.29) is 23.3 Å². The Bertz CT molecular complexity index is 1000. The molecule has 1 aromatic heterocycles. The maximum Gasteiger partial charge on any atom is 0.387 e. The molecule has 0 bridgehead atoms. The number of anilines is 1. The molecule has 3 rings (SSSR count). The number of carbonyl (C=O) groups excluding carboxylic acids is 1. The average molecular weight is 411 g/mol. The predicted molar refractivity (Wildman–Crippen MR) is 100 cm³/mol. The van der Waals surface area contributed by atoms with Crippen molar-refractivity contribution in [1.29, 1.82) is 0 Å². The molecule has 28 heavy (non-hydrogen) atoms. The number of halogens is 2. The summed E-state index contributed by atoms with van der Waals surface area (Å²) in [5, 5.41) is 6.94. The minimum atomic E-state index is -3.10. The highest BCUT2D eigenvalue weighted by Gasteiger charge is 2.31. The van der Waals surface area contributed by atoms with E-state index in [1.165, 1.54) is 22.9 Å². The number of carbonyl (C=O) groups is 1. The fraction of sp³-hybridized carbons (Fsp3) is 0.333. The van der Waals surface area contributed by atoms with Crippen LogP contribution in [0.15, 0.2) is 36.4 Å². The van der Waals surface area contributed by atoms with Crippen LogP contribution in [0.5, 0.6) is 5.75 Å². The third-order valence-electron chi connectivity index (χ3n) is 4.21. The summed E-state index contributed by atoms with van der Waals surface area (Å²) in [6.07, 6.45) is 2.98. The molecule has 1 aliphatic heterocycles. The van der Waals surface area contributed by atoms with Crippen molar-refractivity contribution in [1.82, 2.24) is 9.78 Å². The zero-order valence-electron chi connectivity index (χ0n) is 15.0. The first kappa shape index (κ1) is 20.0. The molecule has 2 heterocycles. The third kappa shape index (κ3) is 4.94. The van der Waals surface area contributed by atoms with Gasteiger partial charge in [-0.1, -0.05) is 18.2 Å².